The SMILES string of the molecule is C.C1CCOC1.C1CCOC1.COC(=O)C1CCC(C=CCC(F)(F)F)CC1.COC(=O)C1CCC(C=O)CC1.FC(F)(F)CC[P+](c1ccccc1)(c1ccccc1)c1ccccc1.[CH2-]CCC.[I-].[Li+]. The summed E-state index contributed by atoms with van der Waals surface area (Å²) in [5, 5.41) is 2.95. The molecule has 2 saturated carbocycles. The summed E-state index contributed by atoms with van der Waals surface area (Å²) in [4.78, 5) is 32.7. The maximum Gasteiger partial charge on any atom is 1.00 e. The van der Waals surface area contributed by atoms with Crippen molar-refractivity contribution in [3.8, 4) is 0 Å². The van der Waals surface area contributed by atoms with Gasteiger partial charge in [-0.1, -0.05) is 87.5 Å². The van der Waals surface area contributed by atoms with E-state index in [2.05, 4.69) is 23.3 Å². The van der Waals surface area contributed by atoms with Crippen LogP contribution in [0.4, 0.5) is 26.3 Å². The molecule has 4 aliphatic rings. The number of methoxy groups -OCH3 is 2. The Morgan fingerprint density at radius 3 is 1.23 bits per heavy atom. The fraction of sp³-hybridized carbons (Fsp3) is 0.564. The van der Waals surface area contributed by atoms with E-state index in [9.17, 15) is 40.7 Å². The zero-order chi connectivity index (χ0) is 50.1. The van der Waals surface area contributed by atoms with Crippen molar-refractivity contribution in [1.82, 2.24) is 0 Å². The number of benzene rings is 3. The predicted molar refractivity (Wildman–Crippen MR) is 269 cm³/mol. The topological polar surface area (TPSA) is 88.1 Å². The summed E-state index contributed by atoms with van der Waals surface area (Å²) < 4.78 is 94.4. The van der Waals surface area contributed by atoms with E-state index >= 15 is 0 Å². The molecule has 4 fully saturated rings. The molecule has 3 aromatic carbocycles. The summed E-state index contributed by atoms with van der Waals surface area (Å²) in [7, 11) is 0.400. The Morgan fingerprint density at radius 2 is 0.972 bits per heavy atom. The van der Waals surface area contributed by atoms with Gasteiger partial charge < -0.3 is 54.6 Å². The van der Waals surface area contributed by atoms with Crippen LogP contribution in [0.15, 0.2) is 103 Å². The number of carbonyl (C=O) groups is 3. The van der Waals surface area contributed by atoms with Gasteiger partial charge in [-0.3, -0.25) is 9.59 Å². The van der Waals surface area contributed by atoms with Crippen molar-refractivity contribution in [1.29, 1.82) is 0 Å². The number of hydrogen-bond acceptors (Lipinski definition) is 7. The molecular weight excluding hydrogens is 1050 g/mol. The van der Waals surface area contributed by atoms with E-state index in [4.69, 9.17) is 9.47 Å². The number of aldehydes is 1. The smallest absolute Gasteiger partial charge is 1.00 e. The Labute approximate surface area is 451 Å². The predicted octanol–water partition coefficient (Wildman–Crippen LogP) is 7.43. The summed E-state index contributed by atoms with van der Waals surface area (Å²) in [5.74, 6) is -0.0373. The van der Waals surface area contributed by atoms with Gasteiger partial charge in [-0.25, -0.2) is 0 Å². The van der Waals surface area contributed by atoms with E-state index in [1.807, 2.05) is 91.0 Å². The number of rotatable bonds is 11. The van der Waals surface area contributed by atoms with E-state index in [1.165, 1.54) is 52.4 Å². The van der Waals surface area contributed by atoms with Gasteiger partial charge in [0.15, 0.2) is 0 Å². The Morgan fingerprint density at radius 1 is 0.634 bits per heavy atom. The molecule has 0 atom stereocenters. The number of carbonyl (C=O) groups excluding carboxylic acids is 3. The van der Waals surface area contributed by atoms with Gasteiger partial charge in [0.25, 0.3) is 0 Å². The molecule has 0 aromatic heterocycles. The first kappa shape index (κ1) is 70.3. The number of esters is 2. The van der Waals surface area contributed by atoms with E-state index in [0.29, 0.717) is 12.8 Å². The molecule has 0 N–H and O–H groups in total. The molecule has 0 radical (unpaired) electrons. The maximum atomic E-state index is 13.2. The first-order chi connectivity index (χ1) is 32.6. The van der Waals surface area contributed by atoms with Crippen LogP contribution in [0.25, 0.3) is 0 Å². The molecule has 71 heavy (non-hydrogen) atoms. The molecule has 7 nitrogen and oxygen atoms in total. The van der Waals surface area contributed by atoms with Crippen LogP contribution >= 0.6 is 7.26 Å². The van der Waals surface area contributed by atoms with Crippen molar-refractivity contribution in [2.24, 2.45) is 23.7 Å². The molecule has 2 aliphatic carbocycles. The summed E-state index contributed by atoms with van der Waals surface area (Å²) in [5.41, 5.74) is 0. The molecule has 2 aliphatic heterocycles. The number of hydrogen-bond donors (Lipinski definition) is 0. The Balaban J connectivity index is 0. The molecular formula is C55H79F6ILiO7P. The van der Waals surface area contributed by atoms with Crippen LogP contribution in [-0.2, 0) is 33.3 Å². The van der Waals surface area contributed by atoms with Crippen LogP contribution in [0.2, 0.25) is 0 Å². The van der Waals surface area contributed by atoms with Crippen LogP contribution < -0.4 is 58.8 Å². The fourth-order valence-electron chi connectivity index (χ4n) is 7.96. The molecule has 7 rings (SSSR count). The van der Waals surface area contributed by atoms with Gasteiger partial charge in [-0.2, -0.15) is 32.8 Å². The van der Waals surface area contributed by atoms with Gasteiger partial charge in [0.05, 0.1) is 45.1 Å². The molecule has 0 amide bonds. The summed E-state index contributed by atoms with van der Waals surface area (Å²) >= 11 is 0. The molecule has 0 bridgehead atoms. The molecule has 2 saturated heterocycles. The van der Waals surface area contributed by atoms with Gasteiger partial charge in [-0.05, 0) is 119 Å². The largest absolute Gasteiger partial charge is 1.00 e. The molecule has 3 aromatic rings. The Bertz CT molecular complexity index is 1660. The van der Waals surface area contributed by atoms with E-state index in [0.717, 1.165) is 93.6 Å². The van der Waals surface area contributed by atoms with Gasteiger partial charge in [-0.15, -0.1) is 0 Å². The fourth-order valence-corrected chi connectivity index (χ4v) is 12.3. The van der Waals surface area contributed by atoms with Crippen LogP contribution in [-0.4, -0.2) is 77.4 Å². The second-order valence-electron chi connectivity index (χ2n) is 17.1. The number of alkyl halides is 6. The Kier molecular flexibility index (Phi) is 40.3. The van der Waals surface area contributed by atoms with E-state index in [1.54, 1.807) is 6.08 Å². The van der Waals surface area contributed by atoms with E-state index < -0.39 is 32.5 Å². The number of halogens is 7. The molecule has 0 spiro atoms. The van der Waals surface area contributed by atoms with Crippen LogP contribution in [0.1, 0.15) is 117 Å². The summed E-state index contributed by atoms with van der Waals surface area (Å²) in [6.45, 7) is 9.72. The molecule has 396 valence electrons. The van der Waals surface area contributed by atoms with Gasteiger partial charge >= 0.3 is 43.2 Å². The zero-order valence-electron chi connectivity index (χ0n) is 41.7. The zero-order valence-corrected chi connectivity index (χ0v) is 44.8. The second-order valence-corrected chi connectivity index (χ2v) is 20.7. The Hall–Kier alpha value is -2.73. The van der Waals surface area contributed by atoms with Gasteiger partial charge in [0, 0.05) is 32.3 Å². The van der Waals surface area contributed by atoms with E-state index in [-0.39, 0.29) is 92.0 Å². The number of allylic oxidation sites excluding steroid dienone is 2. The minimum absolute atomic E-state index is 0. The van der Waals surface area contributed by atoms with Crippen molar-refractivity contribution in [2.45, 2.75) is 129 Å². The molecule has 2 heterocycles. The van der Waals surface area contributed by atoms with Gasteiger partial charge in [0.2, 0.25) is 0 Å². The van der Waals surface area contributed by atoms with Crippen molar-refractivity contribution in [2.75, 3.05) is 46.8 Å². The van der Waals surface area contributed by atoms with Crippen LogP contribution in [0.3, 0.4) is 0 Å². The van der Waals surface area contributed by atoms with Crippen molar-refractivity contribution < 1.29 is 103 Å². The second kappa shape index (κ2) is 40.6. The van der Waals surface area contributed by atoms with Gasteiger partial charge in [0.1, 0.15) is 29.5 Å². The first-order valence-electron chi connectivity index (χ1n) is 24.0. The third kappa shape index (κ3) is 29.7. The standard InChI is InChI=1S/C21H19F3P.C12H17F3O2.C9H14O3.2C4H8O.C4H9.CH4.HI.Li/c22-21(23,24)16-17-25(18-10-4-1-5-11-18,19-12-6-2-7-13-19)20-14-8-3-9-15-20;1-17-11(16)10-6-4-9(5-7-10)3-2-8-12(13,14)15;1-12-9(11)8-4-2-7(6-10)3-5-8;2*1-2-4-5-3-1;1-3-4-2;;;/h1-15H,16-17H2;2-3,9-10H,4-8H2,1H3;6-8H,2-5H2,1H3;2*1-4H2;1,3-4H2,2H3;1H4;1H;/q+1;;;;;-1;;;+1/p-1. The minimum Gasteiger partial charge on any atom is -1.00 e. The average Bonchev–Trinajstić information content (AvgIpc) is 4.17. The number of ether oxygens (including phenoxy) is 4. The monoisotopic (exact) mass is 1130 g/mol. The normalized spacial score (nSPS) is 19.3. The van der Waals surface area contributed by atoms with Crippen LogP contribution in [0.5, 0.6) is 0 Å². The van der Waals surface area contributed by atoms with Crippen molar-refractivity contribution in [3.63, 3.8) is 0 Å². The van der Waals surface area contributed by atoms with Crippen LogP contribution in [0, 0.1) is 30.6 Å². The average molecular weight is 1130 g/mol. The number of unbranched alkanes of at least 4 members (excludes halogenated alkanes) is 1. The van der Waals surface area contributed by atoms with Crippen molar-refractivity contribution in [3.05, 3.63) is 110 Å². The quantitative estimate of drug-likeness (QED) is 0.0289. The molecule has 0 unspecified atom stereocenters. The third-order valence-corrected chi connectivity index (χ3v) is 16.3. The first-order valence-corrected chi connectivity index (χ1v) is 26.0. The maximum absolute atomic E-state index is 13.2. The summed E-state index contributed by atoms with van der Waals surface area (Å²) in [6, 6.07) is 28.9. The molecule has 16 heteroatoms. The summed E-state index contributed by atoms with van der Waals surface area (Å²) in [6.07, 6.45) is 7.50. The minimum atomic E-state index is -4.18. The van der Waals surface area contributed by atoms with Crippen molar-refractivity contribution >= 4 is 41.4 Å². The third-order valence-electron chi connectivity index (χ3n) is 11.9.